The zero-order valence-corrected chi connectivity index (χ0v) is 16.4. The van der Waals surface area contributed by atoms with Crippen molar-refractivity contribution in [3.05, 3.63) is 60.5 Å². The number of nitrogens with one attached hydrogen (secondary N) is 3. The van der Waals surface area contributed by atoms with Gasteiger partial charge in [-0.25, -0.2) is 4.98 Å². The van der Waals surface area contributed by atoms with E-state index in [0.29, 0.717) is 18.9 Å². The molecule has 3 aromatic heterocycles. The number of pyridine rings is 2. The van der Waals surface area contributed by atoms with E-state index in [0.717, 1.165) is 40.1 Å². The van der Waals surface area contributed by atoms with Gasteiger partial charge in [0.25, 0.3) is 0 Å². The molecule has 4 rings (SSSR count). The Morgan fingerprint density at radius 2 is 2.10 bits per heavy atom. The third-order valence-electron chi connectivity index (χ3n) is 4.67. The summed E-state index contributed by atoms with van der Waals surface area (Å²) in [6.45, 7) is 4.87. The van der Waals surface area contributed by atoms with Crippen LogP contribution in [0.1, 0.15) is 20.3 Å². The summed E-state index contributed by atoms with van der Waals surface area (Å²) >= 11 is 0. The number of hydrogen-bond acceptors (Lipinski definition) is 7. The summed E-state index contributed by atoms with van der Waals surface area (Å²) in [6, 6.07) is 5.84. The number of aldehydes is 1. The number of rotatable bonds is 7. The lowest BCUT2D eigenvalue weighted by molar-refractivity contribution is -0.108. The number of aryl methyl sites for hydroxylation is 1. The Balaban J connectivity index is 1.58. The van der Waals surface area contributed by atoms with Gasteiger partial charge in [-0.3, -0.25) is 15.1 Å². The highest BCUT2D eigenvalue weighted by molar-refractivity contribution is 5.81. The Hall–Kier alpha value is -3.68. The molecule has 4 heterocycles. The van der Waals surface area contributed by atoms with Gasteiger partial charge in [-0.2, -0.15) is 5.10 Å². The van der Waals surface area contributed by atoms with Crippen LogP contribution in [0.4, 0.5) is 5.82 Å². The molecule has 3 N–H and O–H groups in total. The molecule has 1 aliphatic rings. The van der Waals surface area contributed by atoms with Crippen molar-refractivity contribution in [2.45, 2.75) is 26.8 Å². The fraction of sp³-hybridized carbons (Fsp3) is 0.238. The largest absolute Gasteiger partial charge is 0.325 e. The number of anilines is 1. The predicted molar refractivity (Wildman–Crippen MR) is 112 cm³/mol. The number of hydrazine groups is 1. The van der Waals surface area contributed by atoms with Gasteiger partial charge < -0.3 is 15.5 Å². The maximum atomic E-state index is 10.5. The molecular formula is C21H23N7O. The van der Waals surface area contributed by atoms with Gasteiger partial charge in [0.05, 0.1) is 17.2 Å². The lowest BCUT2D eigenvalue weighted by Crippen LogP contribution is -2.33. The SMILES string of the molecule is CC(C)C1=CNNC(Nc2ccc3ncc(-c4cnn(CCC=O)c4)cc3n2)=C1. The minimum absolute atomic E-state index is 0.421. The smallest absolute Gasteiger partial charge is 0.132 e. The Kier molecular flexibility index (Phi) is 5.24. The Labute approximate surface area is 168 Å². The molecule has 0 bridgehead atoms. The number of allylic oxidation sites excluding steroid dienone is 2. The highest BCUT2D eigenvalue weighted by atomic mass is 16.1. The van der Waals surface area contributed by atoms with Crippen LogP contribution in [0.2, 0.25) is 0 Å². The molecule has 0 spiro atoms. The first-order chi connectivity index (χ1) is 14.1. The van der Waals surface area contributed by atoms with Crippen LogP contribution in [0.3, 0.4) is 0 Å². The van der Waals surface area contributed by atoms with Crippen LogP contribution in [0.5, 0.6) is 0 Å². The fourth-order valence-electron chi connectivity index (χ4n) is 3.03. The molecule has 0 aromatic carbocycles. The molecule has 0 fully saturated rings. The molecule has 8 heteroatoms. The Morgan fingerprint density at radius 3 is 2.93 bits per heavy atom. The van der Waals surface area contributed by atoms with E-state index in [9.17, 15) is 4.79 Å². The first-order valence-corrected chi connectivity index (χ1v) is 9.56. The quantitative estimate of drug-likeness (QED) is 0.535. The van der Waals surface area contributed by atoms with E-state index in [-0.39, 0.29) is 0 Å². The van der Waals surface area contributed by atoms with E-state index in [1.165, 1.54) is 5.57 Å². The van der Waals surface area contributed by atoms with Crippen molar-refractivity contribution in [3.8, 4) is 11.1 Å². The monoisotopic (exact) mass is 389 g/mol. The Bertz CT molecular complexity index is 1100. The summed E-state index contributed by atoms with van der Waals surface area (Å²) in [5, 5.41) is 7.60. The summed E-state index contributed by atoms with van der Waals surface area (Å²) in [6.07, 6.45) is 10.9. The second-order valence-electron chi connectivity index (χ2n) is 7.16. The van der Waals surface area contributed by atoms with Crippen LogP contribution in [0.25, 0.3) is 22.2 Å². The fourth-order valence-corrected chi connectivity index (χ4v) is 3.03. The second-order valence-corrected chi connectivity index (χ2v) is 7.16. The van der Waals surface area contributed by atoms with Gasteiger partial charge in [-0.05, 0) is 35.8 Å². The van der Waals surface area contributed by atoms with Crippen molar-refractivity contribution in [3.63, 3.8) is 0 Å². The van der Waals surface area contributed by atoms with E-state index in [4.69, 9.17) is 4.98 Å². The van der Waals surface area contributed by atoms with Gasteiger partial charge >= 0.3 is 0 Å². The van der Waals surface area contributed by atoms with E-state index in [2.05, 4.69) is 46.2 Å². The van der Waals surface area contributed by atoms with Crippen LogP contribution in [-0.2, 0) is 11.3 Å². The summed E-state index contributed by atoms with van der Waals surface area (Å²) < 4.78 is 1.76. The van der Waals surface area contributed by atoms with Crippen LogP contribution >= 0.6 is 0 Å². The highest BCUT2D eigenvalue weighted by Crippen LogP contribution is 2.23. The van der Waals surface area contributed by atoms with Crippen molar-refractivity contribution in [1.82, 2.24) is 30.6 Å². The number of fused-ring (bicyclic) bond motifs is 1. The van der Waals surface area contributed by atoms with Crippen LogP contribution in [0.15, 0.2) is 60.5 Å². The standard InChI is InChI=1S/C21H23N7O/c1-14(2)15-9-21(27-23-11-15)26-20-5-4-18-19(25-20)8-16(10-22-18)17-12-24-28(13-17)6-3-7-29/h4-5,7-14,23,27H,3,6H2,1-2H3,(H,25,26). The van der Waals surface area contributed by atoms with Gasteiger partial charge in [-0.15, -0.1) is 0 Å². The number of carbonyl (C=O) groups excluding carboxylic acids is 1. The van der Waals surface area contributed by atoms with Gasteiger partial charge in [0, 0.05) is 42.7 Å². The van der Waals surface area contributed by atoms with Crippen molar-refractivity contribution >= 4 is 23.1 Å². The average molecular weight is 389 g/mol. The van der Waals surface area contributed by atoms with Gasteiger partial charge in [-0.1, -0.05) is 13.8 Å². The van der Waals surface area contributed by atoms with Gasteiger partial charge in [0.2, 0.25) is 0 Å². The minimum Gasteiger partial charge on any atom is -0.325 e. The molecule has 0 aliphatic carbocycles. The van der Waals surface area contributed by atoms with E-state index < -0.39 is 0 Å². The minimum atomic E-state index is 0.421. The van der Waals surface area contributed by atoms with E-state index in [1.54, 1.807) is 10.9 Å². The topological polar surface area (TPSA) is 96.8 Å². The van der Waals surface area contributed by atoms with E-state index >= 15 is 0 Å². The predicted octanol–water partition coefficient (Wildman–Crippen LogP) is 2.98. The summed E-state index contributed by atoms with van der Waals surface area (Å²) in [5.41, 5.74) is 10.8. The number of hydrogen-bond donors (Lipinski definition) is 3. The molecule has 0 amide bonds. The van der Waals surface area contributed by atoms with Crippen molar-refractivity contribution in [2.75, 3.05) is 5.32 Å². The molecule has 0 saturated heterocycles. The number of nitrogens with zero attached hydrogens (tertiary/aromatic N) is 4. The lowest BCUT2D eigenvalue weighted by Gasteiger charge is -2.20. The van der Waals surface area contributed by atoms with Gasteiger partial charge in [0.15, 0.2) is 0 Å². The molecule has 3 aromatic rings. The molecule has 0 saturated carbocycles. The Morgan fingerprint density at radius 1 is 1.21 bits per heavy atom. The molecule has 1 aliphatic heterocycles. The zero-order chi connectivity index (χ0) is 20.2. The number of aromatic nitrogens is 4. The molecule has 0 radical (unpaired) electrons. The molecule has 0 unspecified atom stereocenters. The maximum Gasteiger partial charge on any atom is 0.132 e. The summed E-state index contributed by atoms with van der Waals surface area (Å²) in [4.78, 5) is 19.8. The van der Waals surface area contributed by atoms with E-state index in [1.807, 2.05) is 36.8 Å². The molecule has 29 heavy (non-hydrogen) atoms. The third-order valence-corrected chi connectivity index (χ3v) is 4.67. The normalized spacial score (nSPS) is 13.5. The lowest BCUT2D eigenvalue weighted by atomic mass is 10.0. The molecular weight excluding hydrogens is 366 g/mol. The van der Waals surface area contributed by atoms with Gasteiger partial charge in [0.1, 0.15) is 17.9 Å². The second kappa shape index (κ2) is 8.14. The third kappa shape index (κ3) is 4.26. The summed E-state index contributed by atoms with van der Waals surface area (Å²) in [7, 11) is 0. The van der Waals surface area contributed by atoms with Crippen molar-refractivity contribution in [1.29, 1.82) is 0 Å². The maximum absolute atomic E-state index is 10.5. The summed E-state index contributed by atoms with van der Waals surface area (Å²) in [5.74, 6) is 1.98. The van der Waals surface area contributed by atoms with Crippen molar-refractivity contribution < 1.29 is 4.79 Å². The van der Waals surface area contributed by atoms with Crippen LogP contribution < -0.4 is 16.2 Å². The number of carbonyl (C=O) groups is 1. The zero-order valence-electron chi connectivity index (χ0n) is 16.4. The molecule has 0 atom stereocenters. The highest BCUT2D eigenvalue weighted by Gasteiger charge is 2.10. The van der Waals surface area contributed by atoms with Crippen LogP contribution in [-0.4, -0.2) is 26.0 Å². The molecule has 148 valence electrons. The first kappa shape index (κ1) is 18.7. The van der Waals surface area contributed by atoms with Crippen molar-refractivity contribution in [2.24, 2.45) is 5.92 Å². The average Bonchev–Trinajstić information content (AvgIpc) is 3.21. The first-order valence-electron chi connectivity index (χ1n) is 9.56. The molecule has 8 nitrogen and oxygen atoms in total. The van der Waals surface area contributed by atoms with Crippen LogP contribution in [0, 0.1) is 5.92 Å².